The summed E-state index contributed by atoms with van der Waals surface area (Å²) in [6, 6.07) is 8.18. The van der Waals surface area contributed by atoms with Gasteiger partial charge in [-0.15, -0.1) is 0 Å². The maximum atomic E-state index is 11.7. The van der Waals surface area contributed by atoms with Gasteiger partial charge in [-0.05, 0) is 19.1 Å². The fourth-order valence-corrected chi connectivity index (χ4v) is 2.66. The molecule has 1 heterocycles. The first-order chi connectivity index (χ1) is 9.40. The highest BCUT2D eigenvalue weighted by Crippen LogP contribution is 2.14. The quantitative estimate of drug-likeness (QED) is 0.814. The Morgan fingerprint density at radius 3 is 2.55 bits per heavy atom. The van der Waals surface area contributed by atoms with Gasteiger partial charge in [-0.25, -0.2) is 13.8 Å². The zero-order valence-corrected chi connectivity index (χ0v) is 11.4. The molecule has 0 saturated carbocycles. The van der Waals surface area contributed by atoms with E-state index in [0.29, 0.717) is 5.56 Å². The maximum absolute atomic E-state index is 11.7. The van der Waals surface area contributed by atoms with Crippen molar-refractivity contribution < 1.29 is 22.7 Å². The van der Waals surface area contributed by atoms with E-state index in [0.717, 1.165) is 10.4 Å². The first kappa shape index (κ1) is 14.1. The van der Waals surface area contributed by atoms with Crippen LogP contribution in [0.1, 0.15) is 17.3 Å². The molecule has 1 amide bonds. The van der Waals surface area contributed by atoms with E-state index >= 15 is 0 Å². The molecule has 0 atom stereocenters. The number of nitrogens with zero attached hydrogens (tertiary/aromatic N) is 1. The molecule has 1 aliphatic heterocycles. The monoisotopic (exact) mass is 296 g/mol. The van der Waals surface area contributed by atoms with Crippen LogP contribution < -0.4 is 4.72 Å². The summed E-state index contributed by atoms with van der Waals surface area (Å²) < 4.78 is 30.9. The van der Waals surface area contributed by atoms with Crippen molar-refractivity contribution in [2.45, 2.75) is 6.92 Å². The summed E-state index contributed by atoms with van der Waals surface area (Å²) >= 11 is 0. The molecule has 1 aromatic rings. The van der Waals surface area contributed by atoms with E-state index in [1.54, 1.807) is 35.1 Å². The average molecular weight is 296 g/mol. The Morgan fingerprint density at radius 1 is 1.30 bits per heavy atom. The number of carbonyl (C=O) groups excluding carboxylic acids is 2. The normalized spacial score (nSPS) is 17.1. The summed E-state index contributed by atoms with van der Waals surface area (Å²) in [7, 11) is -4.01. The number of benzene rings is 1. The molecule has 0 bridgehead atoms. The van der Waals surface area contributed by atoms with Gasteiger partial charge in [0.15, 0.2) is 6.73 Å². The van der Waals surface area contributed by atoms with Gasteiger partial charge in [-0.3, -0.25) is 4.79 Å². The molecule has 106 valence electrons. The Hall–Kier alpha value is -2.35. The molecule has 1 N–H and O–H groups in total. The molecule has 0 spiro atoms. The minimum Gasteiger partial charge on any atom is -0.440 e. The van der Waals surface area contributed by atoms with E-state index < -0.39 is 28.8 Å². The summed E-state index contributed by atoms with van der Waals surface area (Å²) in [4.78, 5) is 22.8. The molecule has 0 unspecified atom stereocenters. The number of ether oxygens (including phenoxy) is 1. The van der Waals surface area contributed by atoms with E-state index in [9.17, 15) is 18.0 Å². The van der Waals surface area contributed by atoms with Crippen LogP contribution >= 0.6 is 0 Å². The minimum absolute atomic E-state index is 0.176. The van der Waals surface area contributed by atoms with Gasteiger partial charge in [-0.2, -0.15) is 8.42 Å². The number of hydrogen-bond donors (Lipinski definition) is 1. The minimum atomic E-state index is -4.01. The summed E-state index contributed by atoms with van der Waals surface area (Å²) in [6.45, 7) is 0.936. The zero-order chi connectivity index (χ0) is 14.8. The number of rotatable bonds is 3. The summed E-state index contributed by atoms with van der Waals surface area (Å²) in [5.41, 5.74) is 0.488. The van der Waals surface area contributed by atoms with Gasteiger partial charge in [0.25, 0.3) is 5.91 Å². The lowest BCUT2D eigenvalue weighted by atomic mass is 10.2. The molecule has 0 aromatic heterocycles. The van der Waals surface area contributed by atoms with Crippen LogP contribution in [0.5, 0.6) is 0 Å². The van der Waals surface area contributed by atoms with Crippen LogP contribution in [-0.2, 0) is 19.7 Å². The van der Waals surface area contributed by atoms with Gasteiger partial charge < -0.3 is 4.74 Å². The van der Waals surface area contributed by atoms with Crippen molar-refractivity contribution >= 4 is 22.1 Å². The Bertz CT molecular complexity index is 666. The molecule has 1 aliphatic rings. The molecular formula is C12H12N2O5S. The maximum Gasteiger partial charge on any atom is 0.339 e. The van der Waals surface area contributed by atoms with Crippen LogP contribution in [0.25, 0.3) is 0 Å². The predicted octanol–water partition coefficient (Wildman–Crippen LogP) is 0.381. The number of amides is 1. The van der Waals surface area contributed by atoms with Gasteiger partial charge >= 0.3 is 16.2 Å². The third kappa shape index (κ3) is 2.97. The van der Waals surface area contributed by atoms with Crippen LogP contribution in [0.2, 0.25) is 0 Å². The largest absolute Gasteiger partial charge is 0.440 e. The van der Waals surface area contributed by atoms with Crippen LogP contribution in [0.4, 0.5) is 0 Å². The fourth-order valence-electron chi connectivity index (χ4n) is 1.61. The van der Waals surface area contributed by atoms with Crippen LogP contribution in [0.15, 0.2) is 42.1 Å². The molecule has 20 heavy (non-hydrogen) atoms. The van der Waals surface area contributed by atoms with E-state index in [1.165, 1.54) is 6.92 Å². The second-order valence-electron chi connectivity index (χ2n) is 4.03. The first-order valence-corrected chi connectivity index (χ1v) is 7.09. The topological polar surface area (TPSA) is 92.8 Å². The first-order valence-electron chi connectivity index (χ1n) is 5.65. The van der Waals surface area contributed by atoms with Gasteiger partial charge in [0, 0.05) is 11.8 Å². The van der Waals surface area contributed by atoms with Gasteiger partial charge in [0.05, 0.1) is 5.56 Å². The summed E-state index contributed by atoms with van der Waals surface area (Å²) in [6.07, 6.45) is 1.11. The van der Waals surface area contributed by atoms with Gasteiger partial charge in [0.2, 0.25) is 0 Å². The number of nitrogens with one attached hydrogen (secondary N) is 1. The molecule has 7 nitrogen and oxygen atoms in total. The van der Waals surface area contributed by atoms with Crippen LogP contribution in [0, 0.1) is 0 Å². The Morgan fingerprint density at radius 2 is 1.95 bits per heavy atom. The molecule has 2 rings (SSSR count). The van der Waals surface area contributed by atoms with Crippen molar-refractivity contribution in [3.05, 3.63) is 47.7 Å². The lowest BCUT2D eigenvalue weighted by Gasteiger charge is -2.27. The summed E-state index contributed by atoms with van der Waals surface area (Å²) in [5.74, 6) is -1.38. The Kier molecular flexibility index (Phi) is 3.75. The average Bonchev–Trinajstić information content (AvgIpc) is 2.37. The highest BCUT2D eigenvalue weighted by molar-refractivity contribution is 7.88. The van der Waals surface area contributed by atoms with Gasteiger partial charge in [-0.1, -0.05) is 18.2 Å². The second-order valence-corrected chi connectivity index (χ2v) is 5.63. The predicted molar refractivity (Wildman–Crippen MR) is 69.4 cm³/mol. The van der Waals surface area contributed by atoms with Crippen molar-refractivity contribution in [3.8, 4) is 0 Å². The smallest absolute Gasteiger partial charge is 0.339 e. The molecular weight excluding hydrogens is 284 g/mol. The van der Waals surface area contributed by atoms with Crippen molar-refractivity contribution in [1.82, 2.24) is 9.03 Å². The zero-order valence-electron chi connectivity index (χ0n) is 10.6. The van der Waals surface area contributed by atoms with E-state index in [1.807, 2.05) is 0 Å². The third-order valence-electron chi connectivity index (χ3n) is 2.58. The molecule has 0 aliphatic carbocycles. The van der Waals surface area contributed by atoms with Crippen molar-refractivity contribution in [3.63, 3.8) is 0 Å². The number of esters is 1. The Labute approximate surface area is 116 Å². The third-order valence-corrected chi connectivity index (χ3v) is 4.01. The lowest BCUT2D eigenvalue weighted by Crippen LogP contribution is -2.47. The van der Waals surface area contributed by atoms with Crippen molar-refractivity contribution in [1.29, 1.82) is 0 Å². The molecule has 1 aromatic carbocycles. The molecule has 0 fully saturated rings. The summed E-state index contributed by atoms with van der Waals surface area (Å²) in [5, 5.41) is 0. The number of hydrogen-bond acceptors (Lipinski definition) is 5. The molecule has 0 radical (unpaired) electrons. The molecule has 8 heteroatoms. The van der Waals surface area contributed by atoms with Crippen molar-refractivity contribution in [2.24, 2.45) is 0 Å². The number of allylic oxidation sites excluding steroid dienone is 1. The van der Waals surface area contributed by atoms with E-state index in [2.05, 4.69) is 0 Å². The van der Waals surface area contributed by atoms with Crippen LogP contribution in [-0.4, -0.2) is 31.3 Å². The van der Waals surface area contributed by atoms with Gasteiger partial charge in [0.1, 0.15) is 0 Å². The van der Waals surface area contributed by atoms with E-state index in [4.69, 9.17) is 4.74 Å². The van der Waals surface area contributed by atoms with Crippen LogP contribution in [0.3, 0.4) is 0 Å². The van der Waals surface area contributed by atoms with E-state index in [-0.39, 0.29) is 5.70 Å². The van der Waals surface area contributed by atoms with Crippen molar-refractivity contribution in [2.75, 3.05) is 6.73 Å². The second kappa shape index (κ2) is 5.33. The number of carbonyl (C=O) groups is 2. The standard InChI is InChI=1S/C12H12N2O5S/c1-9-7-11(15)13-20(17,18)14(9)8-19-12(16)10-5-3-2-4-6-10/h2-7H,8H2,1H3,(H,13,15). The SMILES string of the molecule is CC1=CC(=O)NS(=O)(=O)N1COC(=O)c1ccccc1. The fraction of sp³-hybridized carbons (Fsp3) is 0.167. The molecule has 0 saturated heterocycles. The highest BCUT2D eigenvalue weighted by Gasteiger charge is 2.29. The Balaban J connectivity index is 2.09. The highest BCUT2D eigenvalue weighted by atomic mass is 32.2. The lowest BCUT2D eigenvalue weighted by molar-refractivity contribution is -0.115.